The molecule has 0 aliphatic heterocycles. The van der Waals surface area contributed by atoms with E-state index in [2.05, 4.69) is 0 Å². The highest BCUT2D eigenvalue weighted by atomic mass is 24.3. The minimum absolute atomic E-state index is 0. The number of hydrogen-bond acceptors (Lipinski definition) is 2. The summed E-state index contributed by atoms with van der Waals surface area (Å²) in [6, 6.07) is 0. The van der Waals surface area contributed by atoms with Crippen LogP contribution in [0.15, 0.2) is 0 Å². The summed E-state index contributed by atoms with van der Waals surface area (Å²) in [4.78, 5) is 9.00. The lowest BCUT2D eigenvalue weighted by molar-refractivity contribution is -0.134. The van der Waals surface area contributed by atoms with Crippen molar-refractivity contribution in [3.8, 4) is 0 Å². The molecule has 0 radical (unpaired) electrons. The monoisotopic (exact) mass is 103 g/mol. The summed E-state index contributed by atoms with van der Waals surface area (Å²) < 4.78 is 0. The standard InChI is InChI=1S/C2H4O2.Mg.H3N.2H/c1-2(3)4;;;;/h1H3,(H,3,4);;1H3;;. The fraction of sp³-hybridized carbons (Fsp3) is 0.500. The molecule has 0 fully saturated rings. The van der Waals surface area contributed by atoms with Crippen LogP contribution >= 0.6 is 0 Å². The Hall–Kier alpha value is 0.196. The predicted molar refractivity (Wildman–Crippen MR) is 26.9 cm³/mol. The predicted octanol–water partition coefficient (Wildman–Crippen LogP) is -0.663. The molecule has 0 rings (SSSR count). The molecule has 4 N–H and O–H groups in total. The number of carbonyl (C=O) groups is 1. The van der Waals surface area contributed by atoms with Crippen LogP contribution < -0.4 is 6.15 Å². The summed E-state index contributed by atoms with van der Waals surface area (Å²) >= 11 is 0. The van der Waals surface area contributed by atoms with Gasteiger partial charge in [0.05, 0.1) is 0 Å². The van der Waals surface area contributed by atoms with E-state index >= 15 is 0 Å². The fourth-order valence-electron chi connectivity index (χ4n) is 0. The van der Waals surface area contributed by atoms with Gasteiger partial charge in [-0.2, -0.15) is 0 Å². The number of hydrogen-bond donors (Lipinski definition) is 2. The molecular weight excluding hydrogens is 94.3 g/mol. The Bertz CT molecular complexity index is 34.5. The van der Waals surface area contributed by atoms with E-state index in [-0.39, 0.29) is 29.2 Å². The minimum Gasteiger partial charge on any atom is -0.481 e. The van der Waals surface area contributed by atoms with Crippen LogP contribution in [0.5, 0.6) is 0 Å². The van der Waals surface area contributed by atoms with E-state index in [1.54, 1.807) is 0 Å². The summed E-state index contributed by atoms with van der Waals surface area (Å²) in [5, 5.41) is 7.42. The van der Waals surface area contributed by atoms with Gasteiger partial charge in [0.15, 0.2) is 0 Å². The van der Waals surface area contributed by atoms with E-state index in [4.69, 9.17) is 9.90 Å². The average Bonchev–Trinajstić information content (AvgIpc) is 0.811. The van der Waals surface area contributed by atoms with Crippen LogP contribution in [-0.2, 0) is 4.79 Å². The molecule has 3 nitrogen and oxygen atoms in total. The van der Waals surface area contributed by atoms with Crippen LogP contribution in [0.3, 0.4) is 0 Å². The molecule has 0 heterocycles. The Balaban J connectivity index is -0.0000000450. The largest absolute Gasteiger partial charge is 0.481 e. The van der Waals surface area contributed by atoms with E-state index < -0.39 is 5.97 Å². The summed E-state index contributed by atoms with van der Waals surface area (Å²) in [6.07, 6.45) is 0. The third-order valence-corrected chi connectivity index (χ3v) is 0. The van der Waals surface area contributed by atoms with Gasteiger partial charge in [0.1, 0.15) is 0 Å². The van der Waals surface area contributed by atoms with Gasteiger partial charge in [0.2, 0.25) is 0 Å². The first-order chi connectivity index (χ1) is 1.73. The molecule has 0 bridgehead atoms. The van der Waals surface area contributed by atoms with Crippen molar-refractivity contribution in [2.45, 2.75) is 6.92 Å². The molecule has 0 atom stereocenters. The first-order valence-electron chi connectivity index (χ1n) is 0.928. The van der Waals surface area contributed by atoms with E-state index in [0.29, 0.717) is 0 Å². The van der Waals surface area contributed by atoms with Crippen molar-refractivity contribution in [1.82, 2.24) is 6.15 Å². The first kappa shape index (κ1) is 16.4. The number of carboxylic acids is 1. The third-order valence-electron chi connectivity index (χ3n) is 0. The van der Waals surface area contributed by atoms with Gasteiger partial charge in [-0.05, 0) is 0 Å². The maximum absolute atomic E-state index is 9.00. The zero-order chi connectivity index (χ0) is 3.58. The SMILES string of the molecule is CC(=O)O.N.[MgH2]. The number of rotatable bonds is 0. The first-order valence-corrected chi connectivity index (χ1v) is 0.928. The average molecular weight is 103 g/mol. The quantitative estimate of drug-likeness (QED) is 0.400. The van der Waals surface area contributed by atoms with Gasteiger partial charge >= 0.3 is 23.1 Å². The Morgan fingerprint density at radius 3 is 1.67 bits per heavy atom. The Labute approximate surface area is 52.5 Å². The molecule has 4 heteroatoms. The molecule has 0 aliphatic rings. The molecule has 0 amide bonds. The van der Waals surface area contributed by atoms with Gasteiger partial charge in [0, 0.05) is 6.92 Å². The van der Waals surface area contributed by atoms with Crippen LogP contribution in [0.1, 0.15) is 6.92 Å². The lowest BCUT2D eigenvalue weighted by Gasteiger charge is -1.59. The third kappa shape index (κ3) is 1110. The van der Waals surface area contributed by atoms with Crippen molar-refractivity contribution in [2.24, 2.45) is 0 Å². The van der Waals surface area contributed by atoms with Gasteiger partial charge in [-0.25, -0.2) is 0 Å². The zero-order valence-electron chi connectivity index (χ0n) is 3.06. The maximum atomic E-state index is 9.00. The maximum Gasteiger partial charge on any atom is 0.316 e. The van der Waals surface area contributed by atoms with Gasteiger partial charge in [0.25, 0.3) is 5.97 Å². The van der Waals surface area contributed by atoms with Crippen LogP contribution in [0.25, 0.3) is 0 Å². The molecule has 0 saturated heterocycles. The number of carboxylic acid groups (broad SMARTS) is 1. The smallest absolute Gasteiger partial charge is 0.316 e. The van der Waals surface area contributed by atoms with Gasteiger partial charge in [-0.1, -0.05) is 0 Å². The van der Waals surface area contributed by atoms with Gasteiger partial charge in [-0.15, -0.1) is 0 Å². The summed E-state index contributed by atoms with van der Waals surface area (Å²) in [6.45, 7) is 1.08. The van der Waals surface area contributed by atoms with Crippen molar-refractivity contribution in [1.29, 1.82) is 0 Å². The Kier molecular flexibility index (Phi) is 24.4. The van der Waals surface area contributed by atoms with E-state index in [1.165, 1.54) is 0 Å². The highest BCUT2D eigenvalue weighted by Gasteiger charge is 1.65. The van der Waals surface area contributed by atoms with Crippen LogP contribution in [0, 0.1) is 0 Å². The highest BCUT2D eigenvalue weighted by Crippen LogP contribution is 1.42. The number of aliphatic carboxylic acids is 1. The van der Waals surface area contributed by atoms with Crippen molar-refractivity contribution in [2.75, 3.05) is 0 Å². The van der Waals surface area contributed by atoms with Crippen molar-refractivity contribution < 1.29 is 9.90 Å². The molecule has 36 valence electrons. The lowest BCUT2D eigenvalue weighted by atomic mass is 10.9. The van der Waals surface area contributed by atoms with Crippen molar-refractivity contribution >= 4 is 29.0 Å². The molecule has 0 spiro atoms. The summed E-state index contributed by atoms with van der Waals surface area (Å²) in [5.74, 6) is -0.833. The Morgan fingerprint density at radius 2 is 1.67 bits per heavy atom. The topological polar surface area (TPSA) is 72.3 Å². The van der Waals surface area contributed by atoms with Crippen LogP contribution in [0.4, 0.5) is 0 Å². The summed E-state index contributed by atoms with van der Waals surface area (Å²) in [5.41, 5.74) is 0. The van der Waals surface area contributed by atoms with E-state index in [9.17, 15) is 0 Å². The van der Waals surface area contributed by atoms with Crippen molar-refractivity contribution in [3.63, 3.8) is 0 Å². The van der Waals surface area contributed by atoms with Crippen LogP contribution in [0.2, 0.25) is 0 Å². The minimum atomic E-state index is -0.833. The molecule has 0 aromatic carbocycles. The molecule has 6 heavy (non-hydrogen) atoms. The second kappa shape index (κ2) is 8.96. The zero-order valence-corrected chi connectivity index (χ0v) is 3.06. The molecule has 0 aromatic rings. The van der Waals surface area contributed by atoms with Gasteiger partial charge < -0.3 is 11.3 Å². The second-order valence-corrected chi connectivity index (χ2v) is 0.519. The van der Waals surface area contributed by atoms with Gasteiger partial charge in [-0.3, -0.25) is 4.79 Å². The molecule has 0 aromatic heterocycles. The lowest BCUT2D eigenvalue weighted by Crippen LogP contribution is -1.78. The molecule has 0 unspecified atom stereocenters. The fourth-order valence-corrected chi connectivity index (χ4v) is 0. The molecular formula is C2H9MgNO2. The van der Waals surface area contributed by atoms with E-state index in [0.717, 1.165) is 6.92 Å². The molecule has 0 aliphatic carbocycles. The highest BCUT2D eigenvalue weighted by molar-refractivity contribution is 5.75. The second-order valence-electron chi connectivity index (χ2n) is 0.519. The normalized spacial score (nSPS) is 4.17. The van der Waals surface area contributed by atoms with E-state index in [1.807, 2.05) is 0 Å². The summed E-state index contributed by atoms with van der Waals surface area (Å²) in [7, 11) is 0. The molecule has 0 saturated carbocycles. The Morgan fingerprint density at radius 1 is 1.67 bits per heavy atom. The van der Waals surface area contributed by atoms with Crippen LogP contribution in [-0.4, -0.2) is 34.1 Å². The van der Waals surface area contributed by atoms with Crippen molar-refractivity contribution in [3.05, 3.63) is 0 Å².